The van der Waals surface area contributed by atoms with Crippen molar-refractivity contribution in [2.75, 3.05) is 7.11 Å². The van der Waals surface area contributed by atoms with Crippen LogP contribution in [-0.4, -0.2) is 24.1 Å². The Morgan fingerprint density at radius 2 is 1.77 bits per heavy atom. The van der Waals surface area contributed by atoms with E-state index in [1.807, 2.05) is 24.3 Å². The van der Waals surface area contributed by atoms with Crippen LogP contribution in [-0.2, 0) is 4.79 Å². The van der Waals surface area contributed by atoms with Crippen LogP contribution in [0.25, 0.3) is 6.08 Å². The Bertz CT molecular complexity index is 911. The van der Waals surface area contributed by atoms with Crippen molar-refractivity contribution < 1.29 is 14.6 Å². The topological polar surface area (TPSA) is 46.5 Å². The first-order valence-electron chi connectivity index (χ1n) is 11.6. The molecule has 0 aromatic heterocycles. The Labute approximate surface area is 180 Å². The van der Waals surface area contributed by atoms with E-state index in [9.17, 15) is 9.90 Å². The number of aliphatic hydroxyl groups excluding tert-OH is 1. The summed E-state index contributed by atoms with van der Waals surface area (Å²) in [7, 11) is 1.67. The summed E-state index contributed by atoms with van der Waals surface area (Å²) >= 11 is 0. The number of aliphatic hydroxyl groups is 1. The van der Waals surface area contributed by atoms with E-state index < -0.39 is 0 Å². The third-order valence-corrected chi connectivity index (χ3v) is 9.17. The first-order valence-corrected chi connectivity index (χ1v) is 11.6. The minimum Gasteiger partial charge on any atom is -0.497 e. The van der Waals surface area contributed by atoms with Crippen molar-refractivity contribution in [2.24, 2.45) is 28.6 Å². The summed E-state index contributed by atoms with van der Waals surface area (Å²) in [5.41, 5.74) is 3.58. The predicted octanol–water partition coefficient (Wildman–Crippen LogP) is 5.58. The fourth-order valence-electron chi connectivity index (χ4n) is 7.34. The molecular weight excluding hydrogens is 372 g/mol. The van der Waals surface area contributed by atoms with Gasteiger partial charge in [0.25, 0.3) is 0 Å². The molecule has 0 spiro atoms. The van der Waals surface area contributed by atoms with Gasteiger partial charge in [-0.1, -0.05) is 37.6 Å². The number of fused-ring (bicyclic) bond motifs is 5. The molecule has 5 rings (SSSR count). The fraction of sp³-hybridized carbons (Fsp3) is 0.593. The standard InChI is InChI=1S/C27H34O3/c1-26-12-10-20(28)16-19(26)6-9-22-23(26)11-13-27(2)24(22)15-18(25(27)29)14-17-4-7-21(30-3)8-5-17/h4-8,14,20,22-24,28H,9-13,15-16H2,1-3H3/b18-14+/t20-,22-,23+,24+,26-,27+/m0/s1. The number of hydrogen-bond acceptors (Lipinski definition) is 3. The van der Waals surface area contributed by atoms with E-state index in [2.05, 4.69) is 26.0 Å². The number of ketones is 1. The zero-order valence-corrected chi connectivity index (χ0v) is 18.5. The molecule has 30 heavy (non-hydrogen) atoms. The first kappa shape index (κ1) is 20.1. The average Bonchev–Trinajstić information content (AvgIpc) is 3.00. The van der Waals surface area contributed by atoms with E-state index in [0.717, 1.165) is 61.8 Å². The van der Waals surface area contributed by atoms with Gasteiger partial charge in [-0.3, -0.25) is 4.79 Å². The van der Waals surface area contributed by atoms with Gasteiger partial charge in [-0.05, 0) is 97.5 Å². The second-order valence-corrected chi connectivity index (χ2v) is 10.6. The van der Waals surface area contributed by atoms with Crippen molar-refractivity contribution in [3.05, 3.63) is 47.1 Å². The van der Waals surface area contributed by atoms with E-state index in [1.165, 1.54) is 5.57 Å². The molecule has 3 heteroatoms. The van der Waals surface area contributed by atoms with Crippen molar-refractivity contribution in [1.82, 2.24) is 0 Å². The molecule has 4 aliphatic rings. The third-order valence-electron chi connectivity index (χ3n) is 9.17. The number of carbonyl (C=O) groups excluding carboxylic acids is 1. The van der Waals surface area contributed by atoms with Gasteiger partial charge >= 0.3 is 0 Å². The van der Waals surface area contributed by atoms with Crippen LogP contribution in [0.1, 0.15) is 64.4 Å². The monoisotopic (exact) mass is 406 g/mol. The molecule has 1 N–H and O–H groups in total. The molecule has 0 saturated heterocycles. The second-order valence-electron chi connectivity index (χ2n) is 10.6. The lowest BCUT2D eigenvalue weighted by molar-refractivity contribution is -0.130. The highest BCUT2D eigenvalue weighted by atomic mass is 16.5. The number of ether oxygens (including phenoxy) is 1. The lowest BCUT2D eigenvalue weighted by Crippen LogP contribution is -2.50. The zero-order valence-electron chi connectivity index (χ0n) is 18.5. The predicted molar refractivity (Wildman–Crippen MR) is 119 cm³/mol. The first-order chi connectivity index (χ1) is 14.3. The third kappa shape index (κ3) is 2.92. The molecule has 6 atom stereocenters. The van der Waals surface area contributed by atoms with Crippen molar-refractivity contribution >= 4 is 11.9 Å². The van der Waals surface area contributed by atoms with Crippen LogP contribution in [0.4, 0.5) is 0 Å². The van der Waals surface area contributed by atoms with Crippen molar-refractivity contribution in [1.29, 1.82) is 0 Å². The largest absolute Gasteiger partial charge is 0.497 e. The number of carbonyl (C=O) groups is 1. The van der Waals surface area contributed by atoms with Gasteiger partial charge in [0, 0.05) is 5.41 Å². The molecular formula is C27H34O3. The lowest BCUT2D eigenvalue weighted by Gasteiger charge is -2.56. The lowest BCUT2D eigenvalue weighted by atomic mass is 9.48. The maximum atomic E-state index is 13.5. The van der Waals surface area contributed by atoms with Crippen LogP contribution in [0.15, 0.2) is 41.5 Å². The van der Waals surface area contributed by atoms with Gasteiger partial charge in [0.05, 0.1) is 13.2 Å². The molecule has 0 bridgehead atoms. The minimum atomic E-state index is -0.213. The van der Waals surface area contributed by atoms with E-state index in [-0.39, 0.29) is 16.9 Å². The Balaban J connectivity index is 1.45. The molecule has 0 unspecified atom stereocenters. The number of allylic oxidation sites excluding steroid dienone is 2. The minimum absolute atomic E-state index is 0.165. The van der Waals surface area contributed by atoms with E-state index >= 15 is 0 Å². The van der Waals surface area contributed by atoms with Crippen LogP contribution >= 0.6 is 0 Å². The molecule has 4 aliphatic carbocycles. The highest BCUT2D eigenvalue weighted by Crippen LogP contribution is 2.64. The quantitative estimate of drug-likeness (QED) is 0.515. The Morgan fingerprint density at radius 1 is 1.03 bits per heavy atom. The van der Waals surface area contributed by atoms with Crippen molar-refractivity contribution in [3.63, 3.8) is 0 Å². The average molecular weight is 407 g/mol. The molecule has 0 aliphatic heterocycles. The number of methoxy groups -OCH3 is 1. The van der Waals surface area contributed by atoms with Gasteiger partial charge < -0.3 is 9.84 Å². The van der Waals surface area contributed by atoms with Gasteiger partial charge in [-0.25, -0.2) is 0 Å². The molecule has 0 heterocycles. The SMILES string of the molecule is COc1ccc(/C=C2\C[C@@H]3[C@H]4CC=C5C[C@@H](O)CC[C@]5(C)[C@@H]4CC[C@@]3(C)C2=O)cc1. The summed E-state index contributed by atoms with van der Waals surface area (Å²) in [6, 6.07) is 8.00. The molecule has 3 fully saturated rings. The van der Waals surface area contributed by atoms with Gasteiger partial charge in [-0.15, -0.1) is 0 Å². The maximum Gasteiger partial charge on any atom is 0.165 e. The summed E-state index contributed by atoms with van der Waals surface area (Å²) in [6.07, 6.45) is 11.4. The summed E-state index contributed by atoms with van der Waals surface area (Å²) < 4.78 is 5.26. The van der Waals surface area contributed by atoms with E-state index in [4.69, 9.17) is 4.74 Å². The van der Waals surface area contributed by atoms with Gasteiger partial charge in [0.1, 0.15) is 5.75 Å². The van der Waals surface area contributed by atoms with Crippen molar-refractivity contribution in [3.8, 4) is 5.75 Å². The maximum absolute atomic E-state index is 13.5. The summed E-state index contributed by atoms with van der Waals surface area (Å²) in [4.78, 5) is 13.5. The smallest absolute Gasteiger partial charge is 0.165 e. The van der Waals surface area contributed by atoms with Crippen molar-refractivity contribution in [2.45, 2.75) is 64.9 Å². The van der Waals surface area contributed by atoms with Crippen LogP contribution in [0.5, 0.6) is 5.75 Å². The van der Waals surface area contributed by atoms with Crippen LogP contribution < -0.4 is 4.74 Å². The molecule has 0 amide bonds. The molecule has 1 aromatic rings. The molecule has 160 valence electrons. The highest BCUT2D eigenvalue weighted by Gasteiger charge is 2.59. The summed E-state index contributed by atoms with van der Waals surface area (Å²) in [5, 5.41) is 10.2. The van der Waals surface area contributed by atoms with Crippen LogP contribution in [0.3, 0.4) is 0 Å². The van der Waals surface area contributed by atoms with E-state index in [0.29, 0.717) is 23.5 Å². The molecule has 3 nitrogen and oxygen atoms in total. The molecule has 0 radical (unpaired) electrons. The van der Waals surface area contributed by atoms with Gasteiger partial charge in [0.2, 0.25) is 0 Å². The summed E-state index contributed by atoms with van der Waals surface area (Å²) in [5.74, 6) is 2.89. The fourth-order valence-corrected chi connectivity index (χ4v) is 7.34. The number of rotatable bonds is 2. The number of benzene rings is 1. The molecule has 3 saturated carbocycles. The Kier molecular flexibility index (Phi) is 4.74. The molecule has 1 aromatic carbocycles. The van der Waals surface area contributed by atoms with Crippen LogP contribution in [0.2, 0.25) is 0 Å². The Morgan fingerprint density at radius 3 is 2.50 bits per heavy atom. The van der Waals surface area contributed by atoms with Gasteiger partial charge in [0.15, 0.2) is 5.78 Å². The van der Waals surface area contributed by atoms with Crippen LogP contribution in [0, 0.1) is 28.6 Å². The second kappa shape index (κ2) is 7.09. The van der Waals surface area contributed by atoms with E-state index in [1.54, 1.807) is 7.11 Å². The number of hydrogen-bond donors (Lipinski definition) is 1. The summed E-state index contributed by atoms with van der Waals surface area (Å²) in [6.45, 7) is 4.67. The highest BCUT2D eigenvalue weighted by molar-refractivity contribution is 6.05. The number of Topliss-reactive ketones (excluding diaryl/α,β-unsaturated/α-hetero) is 1. The normalized spacial score (nSPS) is 41.7. The Hall–Kier alpha value is -1.87. The zero-order chi connectivity index (χ0) is 21.1. The van der Waals surface area contributed by atoms with Gasteiger partial charge in [-0.2, -0.15) is 0 Å².